The fourth-order valence-electron chi connectivity index (χ4n) is 4.40. The average Bonchev–Trinajstić information content (AvgIpc) is 2.62. The average molecular weight is 356 g/mol. The quantitative estimate of drug-likeness (QED) is 0.632. The number of nitrogens with one attached hydrogen (secondary N) is 1. The van der Waals surface area contributed by atoms with Gasteiger partial charge in [-0.2, -0.15) is 0 Å². The third-order valence-corrected chi connectivity index (χ3v) is 6.17. The van der Waals surface area contributed by atoms with E-state index in [9.17, 15) is 0 Å². The van der Waals surface area contributed by atoms with Gasteiger partial charge in [0, 0.05) is 6.54 Å². The Morgan fingerprint density at radius 2 is 1.85 bits per heavy atom. The van der Waals surface area contributed by atoms with Crippen molar-refractivity contribution < 1.29 is 4.74 Å². The summed E-state index contributed by atoms with van der Waals surface area (Å²) in [5, 5.41) is 3.52. The summed E-state index contributed by atoms with van der Waals surface area (Å²) in [7, 11) is 0. The molecule has 1 aromatic rings. The number of hydrogen-bond acceptors (Lipinski definition) is 2. The Bertz CT molecular complexity index is 618. The molecule has 1 aromatic carbocycles. The minimum absolute atomic E-state index is 0.402. The normalized spacial score (nSPS) is 23.3. The molecule has 144 valence electrons. The van der Waals surface area contributed by atoms with E-state index in [-0.39, 0.29) is 0 Å². The first kappa shape index (κ1) is 19.5. The van der Waals surface area contributed by atoms with Crippen LogP contribution in [-0.2, 0) is 6.42 Å². The van der Waals surface area contributed by atoms with Gasteiger partial charge in [-0.3, -0.25) is 0 Å². The van der Waals surface area contributed by atoms with E-state index in [4.69, 9.17) is 4.74 Å². The molecule has 3 rings (SSSR count). The van der Waals surface area contributed by atoms with Gasteiger partial charge in [0.25, 0.3) is 0 Å². The van der Waals surface area contributed by atoms with Crippen LogP contribution in [0.4, 0.5) is 0 Å². The van der Waals surface area contributed by atoms with E-state index in [0.717, 1.165) is 31.2 Å². The Kier molecular flexibility index (Phi) is 6.45. The van der Waals surface area contributed by atoms with Crippen LogP contribution in [0.5, 0.6) is 5.75 Å². The standard InChI is InChI=1S/C24H37NO/c1-5-14-25-17-18-6-7-20-16-23(11-8-19(20)15-18)26-22-12-9-21(10-13-22)24(2,3)4/h8,11,15-16,21-22,25H,5-7,9-10,12-14,17H2,1-4H3/t21-,22-. The smallest absolute Gasteiger partial charge is 0.120 e. The van der Waals surface area contributed by atoms with Gasteiger partial charge in [-0.15, -0.1) is 0 Å². The first-order valence-electron chi connectivity index (χ1n) is 10.7. The van der Waals surface area contributed by atoms with Crippen LogP contribution in [0.2, 0.25) is 0 Å². The second-order valence-corrected chi connectivity index (χ2v) is 9.30. The molecule has 2 aliphatic carbocycles. The Labute approximate surface area is 160 Å². The monoisotopic (exact) mass is 355 g/mol. The van der Waals surface area contributed by atoms with Crippen molar-refractivity contribution in [3.63, 3.8) is 0 Å². The van der Waals surface area contributed by atoms with E-state index in [1.807, 2.05) is 0 Å². The maximum Gasteiger partial charge on any atom is 0.120 e. The Hall–Kier alpha value is -1.28. The third-order valence-electron chi connectivity index (χ3n) is 6.17. The van der Waals surface area contributed by atoms with Gasteiger partial charge >= 0.3 is 0 Å². The number of aryl methyl sites for hydroxylation is 1. The maximum absolute atomic E-state index is 6.36. The van der Waals surface area contributed by atoms with Crippen LogP contribution in [0, 0.1) is 11.3 Å². The highest BCUT2D eigenvalue weighted by atomic mass is 16.5. The van der Waals surface area contributed by atoms with E-state index in [1.165, 1.54) is 55.2 Å². The van der Waals surface area contributed by atoms with Crippen molar-refractivity contribution in [2.45, 2.75) is 78.7 Å². The van der Waals surface area contributed by atoms with Crippen LogP contribution in [-0.4, -0.2) is 19.2 Å². The van der Waals surface area contributed by atoms with Crippen LogP contribution >= 0.6 is 0 Å². The number of fused-ring (bicyclic) bond motifs is 1. The number of hydrogen-bond donors (Lipinski definition) is 1. The molecule has 1 saturated carbocycles. The molecule has 1 N–H and O–H groups in total. The molecule has 0 aromatic heterocycles. The molecule has 0 atom stereocenters. The van der Waals surface area contributed by atoms with E-state index >= 15 is 0 Å². The summed E-state index contributed by atoms with van der Waals surface area (Å²) in [5.41, 5.74) is 4.80. The highest BCUT2D eigenvalue weighted by Gasteiger charge is 2.30. The first-order chi connectivity index (χ1) is 12.5. The summed E-state index contributed by atoms with van der Waals surface area (Å²) in [5.74, 6) is 1.92. The molecule has 0 amide bonds. The zero-order valence-electron chi connectivity index (χ0n) is 17.2. The van der Waals surface area contributed by atoms with Gasteiger partial charge in [0.2, 0.25) is 0 Å². The van der Waals surface area contributed by atoms with Crippen molar-refractivity contribution in [2.24, 2.45) is 11.3 Å². The van der Waals surface area contributed by atoms with Gasteiger partial charge in [0.1, 0.15) is 5.75 Å². The topological polar surface area (TPSA) is 21.3 Å². The SMILES string of the molecule is CCCNCC1=Cc2ccc(O[C@H]3CC[C@H](C(C)(C)C)CC3)cc2CC1. The van der Waals surface area contributed by atoms with Gasteiger partial charge in [-0.25, -0.2) is 0 Å². The Morgan fingerprint density at radius 1 is 1.08 bits per heavy atom. The van der Waals surface area contributed by atoms with E-state index in [0.29, 0.717) is 11.5 Å². The van der Waals surface area contributed by atoms with Gasteiger partial charge in [-0.05, 0) is 86.1 Å². The van der Waals surface area contributed by atoms with Crippen LogP contribution < -0.4 is 10.1 Å². The summed E-state index contributed by atoms with van der Waals surface area (Å²) >= 11 is 0. The van der Waals surface area contributed by atoms with Crippen molar-refractivity contribution in [2.75, 3.05) is 13.1 Å². The van der Waals surface area contributed by atoms with E-state index in [1.54, 1.807) is 0 Å². The molecule has 1 fully saturated rings. The summed E-state index contributed by atoms with van der Waals surface area (Å²) < 4.78 is 6.36. The predicted octanol–water partition coefficient (Wildman–Crippen LogP) is 6.00. The summed E-state index contributed by atoms with van der Waals surface area (Å²) in [6, 6.07) is 6.72. The molecule has 0 spiro atoms. The number of rotatable bonds is 6. The number of ether oxygens (including phenoxy) is 1. The molecule has 0 unspecified atom stereocenters. The van der Waals surface area contributed by atoms with Crippen LogP contribution in [0.25, 0.3) is 6.08 Å². The Balaban J connectivity index is 1.56. The lowest BCUT2D eigenvalue weighted by Gasteiger charge is -2.37. The molecular formula is C24H37NO. The van der Waals surface area contributed by atoms with Gasteiger partial charge < -0.3 is 10.1 Å². The molecular weight excluding hydrogens is 318 g/mol. The van der Waals surface area contributed by atoms with Gasteiger partial charge in [0.05, 0.1) is 6.10 Å². The lowest BCUT2D eigenvalue weighted by Crippen LogP contribution is -2.30. The zero-order chi connectivity index (χ0) is 18.6. The minimum atomic E-state index is 0.402. The molecule has 0 saturated heterocycles. The maximum atomic E-state index is 6.36. The fourth-order valence-corrected chi connectivity index (χ4v) is 4.40. The zero-order valence-corrected chi connectivity index (χ0v) is 17.2. The van der Waals surface area contributed by atoms with Crippen molar-refractivity contribution >= 4 is 6.08 Å². The highest BCUT2D eigenvalue weighted by Crippen LogP contribution is 2.39. The first-order valence-corrected chi connectivity index (χ1v) is 10.7. The van der Waals surface area contributed by atoms with E-state index in [2.05, 4.69) is 57.3 Å². The molecule has 0 radical (unpaired) electrons. The second-order valence-electron chi connectivity index (χ2n) is 9.30. The highest BCUT2D eigenvalue weighted by molar-refractivity contribution is 5.61. The Morgan fingerprint density at radius 3 is 2.54 bits per heavy atom. The molecule has 2 aliphatic rings. The molecule has 2 heteroatoms. The van der Waals surface area contributed by atoms with Crippen molar-refractivity contribution in [1.29, 1.82) is 0 Å². The lowest BCUT2D eigenvalue weighted by atomic mass is 9.72. The van der Waals surface area contributed by atoms with Crippen LogP contribution in [0.15, 0.2) is 23.8 Å². The van der Waals surface area contributed by atoms with Crippen LogP contribution in [0.1, 0.15) is 77.3 Å². The van der Waals surface area contributed by atoms with Crippen molar-refractivity contribution in [3.05, 3.63) is 34.9 Å². The summed E-state index contributed by atoms with van der Waals surface area (Å²) in [6.45, 7) is 11.5. The summed E-state index contributed by atoms with van der Waals surface area (Å²) in [6.07, 6.45) is 11.3. The van der Waals surface area contributed by atoms with Crippen LogP contribution in [0.3, 0.4) is 0 Å². The minimum Gasteiger partial charge on any atom is -0.490 e. The fraction of sp³-hybridized carbons (Fsp3) is 0.667. The molecule has 0 heterocycles. The largest absolute Gasteiger partial charge is 0.490 e. The van der Waals surface area contributed by atoms with Crippen molar-refractivity contribution in [3.8, 4) is 5.75 Å². The molecule has 0 aliphatic heterocycles. The molecule has 0 bridgehead atoms. The number of benzene rings is 1. The summed E-state index contributed by atoms with van der Waals surface area (Å²) in [4.78, 5) is 0. The third kappa shape index (κ3) is 5.13. The predicted molar refractivity (Wildman–Crippen MR) is 112 cm³/mol. The second kappa shape index (κ2) is 8.61. The molecule has 26 heavy (non-hydrogen) atoms. The van der Waals surface area contributed by atoms with E-state index < -0.39 is 0 Å². The van der Waals surface area contributed by atoms with Crippen molar-refractivity contribution in [1.82, 2.24) is 5.32 Å². The molecule has 2 nitrogen and oxygen atoms in total. The van der Waals surface area contributed by atoms with Gasteiger partial charge in [0.15, 0.2) is 0 Å². The van der Waals surface area contributed by atoms with Gasteiger partial charge in [-0.1, -0.05) is 45.4 Å². The lowest BCUT2D eigenvalue weighted by molar-refractivity contribution is 0.0881.